The van der Waals surface area contributed by atoms with E-state index in [4.69, 9.17) is 0 Å². The molecule has 0 radical (unpaired) electrons. The fourth-order valence-corrected chi connectivity index (χ4v) is 5.45. The Morgan fingerprint density at radius 2 is 1.42 bits per heavy atom. The third-order valence-electron chi connectivity index (χ3n) is 5.61. The normalized spacial score (nSPS) is 16.0. The number of benzene rings is 3. The Labute approximate surface area is 193 Å². The number of nitrogens with one attached hydrogen (secondary N) is 2. The van der Waals surface area contributed by atoms with Gasteiger partial charge in [0.1, 0.15) is 6.04 Å². The molecule has 4 rings (SSSR count). The van der Waals surface area contributed by atoms with Crippen molar-refractivity contribution < 1.29 is 18.0 Å². The molecule has 0 aliphatic carbocycles. The van der Waals surface area contributed by atoms with Crippen LogP contribution >= 0.6 is 0 Å². The van der Waals surface area contributed by atoms with Crippen LogP contribution in [-0.4, -0.2) is 30.6 Å². The van der Waals surface area contributed by atoms with E-state index in [0.717, 1.165) is 16.7 Å². The van der Waals surface area contributed by atoms with Gasteiger partial charge in [0.2, 0.25) is 21.8 Å². The van der Waals surface area contributed by atoms with Gasteiger partial charge in [0.05, 0.1) is 4.90 Å². The fraction of sp³-hybridized carbons (Fsp3) is 0.200. The number of anilines is 2. The second-order valence-corrected chi connectivity index (χ2v) is 9.99. The summed E-state index contributed by atoms with van der Waals surface area (Å²) in [6.45, 7) is 3.42. The Kier molecular flexibility index (Phi) is 6.31. The first-order valence-electron chi connectivity index (χ1n) is 10.6. The van der Waals surface area contributed by atoms with Crippen molar-refractivity contribution in [1.29, 1.82) is 0 Å². The number of rotatable bonds is 5. The minimum Gasteiger partial charge on any atom is -0.326 e. The van der Waals surface area contributed by atoms with Crippen molar-refractivity contribution >= 4 is 33.2 Å². The molecule has 1 unspecified atom stereocenters. The predicted octanol–water partition coefficient (Wildman–Crippen LogP) is 3.71. The summed E-state index contributed by atoms with van der Waals surface area (Å²) in [7, 11) is -3.90. The highest BCUT2D eigenvalue weighted by molar-refractivity contribution is 7.89. The smallest absolute Gasteiger partial charge is 0.244 e. The molecule has 0 bridgehead atoms. The first kappa shape index (κ1) is 22.7. The zero-order chi connectivity index (χ0) is 23.6. The zero-order valence-electron chi connectivity index (χ0n) is 18.4. The van der Waals surface area contributed by atoms with Crippen molar-refractivity contribution in [2.45, 2.75) is 37.8 Å². The molecule has 3 aromatic rings. The molecule has 0 fully saturated rings. The Morgan fingerprint density at radius 1 is 0.848 bits per heavy atom. The molecule has 1 heterocycles. The zero-order valence-corrected chi connectivity index (χ0v) is 19.2. The summed E-state index contributed by atoms with van der Waals surface area (Å²) in [6.07, 6.45) is 0.275. The van der Waals surface area contributed by atoms with Crippen molar-refractivity contribution in [2.75, 3.05) is 10.6 Å². The molecular weight excluding hydrogens is 438 g/mol. The second kappa shape index (κ2) is 9.17. The van der Waals surface area contributed by atoms with Gasteiger partial charge in [-0.05, 0) is 60.9 Å². The molecule has 1 atom stereocenters. The van der Waals surface area contributed by atoms with Crippen molar-refractivity contribution in [2.24, 2.45) is 0 Å². The number of hydrogen-bond donors (Lipinski definition) is 2. The minimum absolute atomic E-state index is 0.117. The summed E-state index contributed by atoms with van der Waals surface area (Å²) in [5.41, 5.74) is 3.91. The number of carbonyl (C=O) groups is 2. The van der Waals surface area contributed by atoms with E-state index in [-0.39, 0.29) is 23.8 Å². The van der Waals surface area contributed by atoms with E-state index in [9.17, 15) is 18.0 Å². The number of carbonyl (C=O) groups excluding carboxylic acids is 2. The Morgan fingerprint density at radius 3 is 2.03 bits per heavy atom. The van der Waals surface area contributed by atoms with Gasteiger partial charge in [-0.1, -0.05) is 42.0 Å². The predicted molar refractivity (Wildman–Crippen MR) is 127 cm³/mol. The number of amides is 2. The van der Waals surface area contributed by atoms with E-state index in [1.807, 2.05) is 31.2 Å². The maximum Gasteiger partial charge on any atom is 0.244 e. The third-order valence-corrected chi connectivity index (χ3v) is 7.48. The molecule has 0 saturated carbocycles. The van der Waals surface area contributed by atoms with Gasteiger partial charge in [-0.2, -0.15) is 4.31 Å². The Bertz CT molecular complexity index is 1290. The van der Waals surface area contributed by atoms with Crippen LogP contribution in [0, 0.1) is 6.92 Å². The van der Waals surface area contributed by atoms with Crippen molar-refractivity contribution in [3.63, 3.8) is 0 Å². The van der Waals surface area contributed by atoms with E-state index < -0.39 is 22.0 Å². The van der Waals surface area contributed by atoms with Crippen LogP contribution in [-0.2, 0) is 32.6 Å². The van der Waals surface area contributed by atoms with Gasteiger partial charge in [0.15, 0.2) is 0 Å². The van der Waals surface area contributed by atoms with E-state index in [1.165, 1.54) is 11.2 Å². The van der Waals surface area contributed by atoms with Gasteiger partial charge in [-0.3, -0.25) is 9.59 Å². The maximum atomic E-state index is 13.5. The summed E-state index contributed by atoms with van der Waals surface area (Å²) >= 11 is 0. The summed E-state index contributed by atoms with van der Waals surface area (Å²) < 4.78 is 28.3. The van der Waals surface area contributed by atoms with Crippen LogP contribution in [0.5, 0.6) is 0 Å². The highest BCUT2D eigenvalue weighted by Crippen LogP contribution is 2.30. The lowest BCUT2D eigenvalue weighted by molar-refractivity contribution is -0.120. The summed E-state index contributed by atoms with van der Waals surface area (Å²) in [5.74, 6) is -0.600. The summed E-state index contributed by atoms with van der Waals surface area (Å²) in [5, 5.41) is 5.50. The molecule has 7 nitrogen and oxygen atoms in total. The van der Waals surface area contributed by atoms with Crippen molar-refractivity contribution in [1.82, 2.24) is 4.31 Å². The average Bonchev–Trinajstić information content (AvgIpc) is 2.79. The molecular formula is C25H25N3O4S. The van der Waals surface area contributed by atoms with E-state index in [0.29, 0.717) is 11.4 Å². The van der Waals surface area contributed by atoms with E-state index >= 15 is 0 Å². The molecule has 1 aliphatic heterocycles. The van der Waals surface area contributed by atoms with Crippen LogP contribution < -0.4 is 10.6 Å². The van der Waals surface area contributed by atoms with Crippen LogP contribution in [0.3, 0.4) is 0 Å². The van der Waals surface area contributed by atoms with Crippen molar-refractivity contribution in [3.8, 4) is 0 Å². The number of hydrogen-bond acceptors (Lipinski definition) is 4. The van der Waals surface area contributed by atoms with Gasteiger partial charge < -0.3 is 10.6 Å². The lowest BCUT2D eigenvalue weighted by atomic mass is 9.95. The van der Waals surface area contributed by atoms with E-state index in [1.54, 1.807) is 48.5 Å². The Hall–Kier alpha value is -3.49. The molecule has 33 heavy (non-hydrogen) atoms. The fourth-order valence-electron chi connectivity index (χ4n) is 3.89. The minimum atomic E-state index is -3.90. The standard InChI is InChI=1S/C25H25N3O4S/c1-17-7-13-23(14-8-17)33(31,32)28-16-20-6-4-3-5-19(20)15-24(28)25(30)27-22-11-9-21(10-12-22)26-18(2)29/h3-14,24H,15-16H2,1-2H3,(H,26,29)(H,27,30). The SMILES string of the molecule is CC(=O)Nc1ccc(NC(=O)C2Cc3ccccc3CN2S(=O)(=O)c2ccc(C)cc2)cc1. The van der Waals surface area contributed by atoms with Gasteiger partial charge in [-0.25, -0.2) is 8.42 Å². The lowest BCUT2D eigenvalue weighted by Crippen LogP contribution is -2.50. The number of fused-ring (bicyclic) bond motifs is 1. The molecule has 0 spiro atoms. The van der Waals surface area contributed by atoms with Crippen LogP contribution in [0.1, 0.15) is 23.6 Å². The topological polar surface area (TPSA) is 95.6 Å². The second-order valence-electron chi connectivity index (χ2n) is 8.10. The molecule has 1 aliphatic rings. The highest BCUT2D eigenvalue weighted by Gasteiger charge is 2.39. The van der Waals surface area contributed by atoms with Gasteiger partial charge in [0, 0.05) is 24.8 Å². The molecule has 8 heteroatoms. The number of aryl methyl sites for hydroxylation is 1. The maximum absolute atomic E-state index is 13.5. The largest absolute Gasteiger partial charge is 0.326 e. The number of sulfonamides is 1. The molecule has 2 N–H and O–H groups in total. The van der Waals surface area contributed by atoms with Gasteiger partial charge >= 0.3 is 0 Å². The highest BCUT2D eigenvalue weighted by atomic mass is 32.2. The summed E-state index contributed by atoms with van der Waals surface area (Å²) in [4.78, 5) is 24.7. The molecule has 3 aromatic carbocycles. The molecule has 0 saturated heterocycles. The molecule has 2 amide bonds. The van der Waals surface area contributed by atoms with Crippen LogP contribution in [0.15, 0.2) is 77.7 Å². The van der Waals surface area contributed by atoms with Crippen LogP contribution in [0.2, 0.25) is 0 Å². The first-order valence-corrected chi connectivity index (χ1v) is 12.0. The van der Waals surface area contributed by atoms with Crippen LogP contribution in [0.4, 0.5) is 11.4 Å². The molecule has 170 valence electrons. The average molecular weight is 464 g/mol. The molecule has 0 aromatic heterocycles. The Balaban J connectivity index is 1.64. The third kappa shape index (κ3) is 4.97. The van der Waals surface area contributed by atoms with Gasteiger partial charge in [-0.15, -0.1) is 0 Å². The van der Waals surface area contributed by atoms with Crippen molar-refractivity contribution in [3.05, 3.63) is 89.5 Å². The lowest BCUT2D eigenvalue weighted by Gasteiger charge is -2.35. The van der Waals surface area contributed by atoms with Gasteiger partial charge in [0.25, 0.3) is 0 Å². The quantitative estimate of drug-likeness (QED) is 0.603. The first-order chi connectivity index (χ1) is 15.7. The summed E-state index contributed by atoms with van der Waals surface area (Å²) in [6, 6.07) is 20.0. The van der Waals surface area contributed by atoms with Crippen LogP contribution in [0.25, 0.3) is 0 Å². The monoisotopic (exact) mass is 463 g/mol. The number of nitrogens with zero attached hydrogens (tertiary/aromatic N) is 1. The van der Waals surface area contributed by atoms with E-state index in [2.05, 4.69) is 10.6 Å².